The quantitative estimate of drug-likeness (QED) is 0.898. The summed E-state index contributed by atoms with van der Waals surface area (Å²) >= 11 is 0. The third kappa shape index (κ3) is 2.68. The molecule has 2 aromatic rings. The molecule has 2 nitrogen and oxygen atoms in total. The molecule has 106 valence electrons. The number of nitrogens with two attached hydrogens (primary N) is 1. The van der Waals surface area contributed by atoms with E-state index in [9.17, 15) is 4.39 Å². The molecule has 0 spiro atoms. The van der Waals surface area contributed by atoms with Crippen LogP contribution in [0.4, 0.5) is 15.8 Å². The zero-order chi connectivity index (χ0) is 14.7. The molecule has 0 fully saturated rings. The summed E-state index contributed by atoms with van der Waals surface area (Å²) in [6, 6.07) is 12.9. The van der Waals surface area contributed by atoms with Crippen LogP contribution in [0.3, 0.4) is 0 Å². The minimum Gasteiger partial charge on any atom is -0.341 e. The summed E-state index contributed by atoms with van der Waals surface area (Å²) in [6.45, 7) is 6.69. The van der Waals surface area contributed by atoms with Gasteiger partial charge in [0.1, 0.15) is 5.82 Å². The summed E-state index contributed by atoms with van der Waals surface area (Å²) < 4.78 is 14.1. The van der Waals surface area contributed by atoms with Gasteiger partial charge in [-0.3, -0.25) is 0 Å². The van der Waals surface area contributed by atoms with Crippen molar-refractivity contribution in [3.05, 3.63) is 59.4 Å². The van der Waals surface area contributed by atoms with Crippen molar-refractivity contribution in [2.75, 3.05) is 11.4 Å². The van der Waals surface area contributed by atoms with E-state index in [1.807, 2.05) is 25.1 Å². The number of rotatable bonds is 4. The Hall–Kier alpha value is -1.87. The third-order valence-corrected chi connectivity index (χ3v) is 3.50. The van der Waals surface area contributed by atoms with Gasteiger partial charge in [-0.15, -0.1) is 0 Å². The summed E-state index contributed by atoms with van der Waals surface area (Å²) in [6.07, 6.45) is 0. The van der Waals surface area contributed by atoms with Crippen LogP contribution in [-0.2, 0) is 0 Å². The third-order valence-electron chi connectivity index (χ3n) is 3.50. The van der Waals surface area contributed by atoms with Gasteiger partial charge < -0.3 is 10.6 Å². The number of halogens is 1. The van der Waals surface area contributed by atoms with Crippen molar-refractivity contribution in [2.45, 2.75) is 26.8 Å². The molecular formula is C17H21FN2. The Morgan fingerprint density at radius 1 is 1.10 bits per heavy atom. The van der Waals surface area contributed by atoms with Crippen molar-refractivity contribution in [3.8, 4) is 0 Å². The molecule has 0 heterocycles. The predicted octanol–water partition coefficient (Wildman–Crippen LogP) is 4.31. The summed E-state index contributed by atoms with van der Waals surface area (Å²) in [5.41, 5.74) is 9.62. The number of anilines is 2. The molecule has 3 heteroatoms. The highest BCUT2D eigenvalue weighted by atomic mass is 19.1. The lowest BCUT2D eigenvalue weighted by atomic mass is 10.0. The van der Waals surface area contributed by atoms with Gasteiger partial charge in [0.05, 0.1) is 0 Å². The second kappa shape index (κ2) is 6.06. The van der Waals surface area contributed by atoms with Crippen LogP contribution in [0, 0.1) is 12.7 Å². The van der Waals surface area contributed by atoms with E-state index in [0.29, 0.717) is 5.56 Å². The molecule has 0 bridgehead atoms. The number of aryl methyl sites for hydroxylation is 1. The molecule has 0 saturated carbocycles. The zero-order valence-electron chi connectivity index (χ0n) is 12.2. The number of hydrogen-bond donors (Lipinski definition) is 1. The summed E-state index contributed by atoms with van der Waals surface area (Å²) in [7, 11) is 0. The van der Waals surface area contributed by atoms with Gasteiger partial charge in [0.2, 0.25) is 0 Å². The summed E-state index contributed by atoms with van der Waals surface area (Å²) in [4.78, 5) is 2.11. The van der Waals surface area contributed by atoms with E-state index in [-0.39, 0.29) is 11.9 Å². The molecule has 0 radical (unpaired) electrons. The van der Waals surface area contributed by atoms with Gasteiger partial charge in [-0.05, 0) is 44.5 Å². The molecule has 0 aliphatic carbocycles. The lowest BCUT2D eigenvalue weighted by molar-refractivity contribution is 0.593. The van der Waals surface area contributed by atoms with E-state index in [0.717, 1.165) is 23.5 Å². The monoisotopic (exact) mass is 272 g/mol. The van der Waals surface area contributed by atoms with Crippen molar-refractivity contribution >= 4 is 11.4 Å². The number of hydrogen-bond acceptors (Lipinski definition) is 2. The zero-order valence-corrected chi connectivity index (χ0v) is 12.2. The van der Waals surface area contributed by atoms with Gasteiger partial charge in [-0.25, -0.2) is 4.39 Å². The molecule has 2 N–H and O–H groups in total. The summed E-state index contributed by atoms with van der Waals surface area (Å²) in [5, 5.41) is 0. The van der Waals surface area contributed by atoms with E-state index < -0.39 is 0 Å². The lowest BCUT2D eigenvalue weighted by Crippen LogP contribution is -2.21. The minimum absolute atomic E-state index is 0.246. The topological polar surface area (TPSA) is 29.3 Å². The largest absolute Gasteiger partial charge is 0.341 e. The fourth-order valence-electron chi connectivity index (χ4n) is 2.55. The smallest absolute Gasteiger partial charge is 0.130 e. The SMILES string of the molecule is CCN(c1ccccc1C)c1cccc(F)c1[C@@H](C)N. The fourth-order valence-corrected chi connectivity index (χ4v) is 2.55. The first-order valence-electron chi connectivity index (χ1n) is 6.93. The Morgan fingerprint density at radius 3 is 2.35 bits per heavy atom. The number of para-hydroxylation sites is 1. The highest BCUT2D eigenvalue weighted by molar-refractivity contribution is 5.69. The van der Waals surface area contributed by atoms with Crippen LogP contribution < -0.4 is 10.6 Å². The fraction of sp³-hybridized carbons (Fsp3) is 0.294. The average molecular weight is 272 g/mol. The first kappa shape index (κ1) is 14.5. The number of nitrogens with zero attached hydrogens (tertiary/aromatic N) is 1. The van der Waals surface area contributed by atoms with Crippen LogP contribution in [-0.4, -0.2) is 6.54 Å². The van der Waals surface area contributed by atoms with Gasteiger partial charge in [-0.1, -0.05) is 24.3 Å². The maximum Gasteiger partial charge on any atom is 0.130 e. The Bertz CT molecular complexity index is 593. The first-order valence-corrected chi connectivity index (χ1v) is 6.93. The minimum atomic E-state index is -0.343. The van der Waals surface area contributed by atoms with Gasteiger partial charge in [-0.2, -0.15) is 0 Å². The van der Waals surface area contributed by atoms with Crippen LogP contribution >= 0.6 is 0 Å². The van der Waals surface area contributed by atoms with Crippen LogP contribution in [0.25, 0.3) is 0 Å². The molecule has 0 unspecified atom stereocenters. The Morgan fingerprint density at radius 2 is 1.75 bits per heavy atom. The Labute approximate surface area is 120 Å². The molecule has 2 rings (SSSR count). The van der Waals surface area contributed by atoms with Gasteiger partial charge in [0.15, 0.2) is 0 Å². The van der Waals surface area contributed by atoms with Crippen LogP contribution in [0.5, 0.6) is 0 Å². The van der Waals surface area contributed by atoms with Crippen LogP contribution in [0.1, 0.15) is 31.0 Å². The molecule has 0 aromatic heterocycles. The molecule has 0 aliphatic rings. The standard InChI is InChI=1S/C17H21FN2/c1-4-20(15-10-6-5-8-12(15)2)16-11-7-9-14(18)17(16)13(3)19/h5-11,13H,4,19H2,1-3H3/t13-/m1/s1. The number of benzene rings is 2. The molecule has 0 amide bonds. The molecule has 0 aliphatic heterocycles. The molecule has 1 atom stereocenters. The highest BCUT2D eigenvalue weighted by Gasteiger charge is 2.18. The maximum absolute atomic E-state index is 14.1. The van der Waals surface area contributed by atoms with Crippen molar-refractivity contribution < 1.29 is 4.39 Å². The van der Waals surface area contributed by atoms with Crippen LogP contribution in [0.15, 0.2) is 42.5 Å². The normalized spacial score (nSPS) is 12.2. The van der Waals surface area contributed by atoms with Gasteiger partial charge in [0.25, 0.3) is 0 Å². The van der Waals surface area contributed by atoms with Crippen molar-refractivity contribution in [2.24, 2.45) is 5.73 Å². The molecule has 20 heavy (non-hydrogen) atoms. The molecule has 2 aromatic carbocycles. The predicted molar refractivity (Wildman–Crippen MR) is 82.9 cm³/mol. The first-order chi connectivity index (χ1) is 9.56. The van der Waals surface area contributed by atoms with E-state index in [4.69, 9.17) is 5.73 Å². The average Bonchev–Trinajstić information content (AvgIpc) is 2.41. The van der Waals surface area contributed by atoms with E-state index >= 15 is 0 Å². The van der Waals surface area contributed by atoms with E-state index in [1.165, 1.54) is 6.07 Å². The second-order valence-electron chi connectivity index (χ2n) is 4.99. The highest BCUT2D eigenvalue weighted by Crippen LogP contribution is 2.34. The Kier molecular flexibility index (Phi) is 4.40. The van der Waals surface area contributed by atoms with Gasteiger partial charge >= 0.3 is 0 Å². The van der Waals surface area contributed by atoms with Crippen LogP contribution in [0.2, 0.25) is 0 Å². The molecular weight excluding hydrogens is 251 g/mol. The maximum atomic E-state index is 14.1. The lowest BCUT2D eigenvalue weighted by Gasteiger charge is -2.28. The van der Waals surface area contributed by atoms with E-state index in [1.54, 1.807) is 6.07 Å². The summed E-state index contributed by atoms with van der Waals surface area (Å²) in [5.74, 6) is -0.246. The van der Waals surface area contributed by atoms with Crippen molar-refractivity contribution in [1.82, 2.24) is 0 Å². The second-order valence-corrected chi connectivity index (χ2v) is 4.99. The Balaban J connectivity index is 2.59. The molecule has 0 saturated heterocycles. The van der Waals surface area contributed by atoms with E-state index in [2.05, 4.69) is 30.9 Å². The van der Waals surface area contributed by atoms with Crippen molar-refractivity contribution in [3.63, 3.8) is 0 Å². The van der Waals surface area contributed by atoms with Crippen molar-refractivity contribution in [1.29, 1.82) is 0 Å². The van der Waals surface area contributed by atoms with Gasteiger partial charge in [0, 0.05) is 29.5 Å².